The molecule has 2 aromatic carbocycles. The fourth-order valence-corrected chi connectivity index (χ4v) is 3.21. The van der Waals surface area contributed by atoms with Crippen molar-refractivity contribution >= 4 is 16.6 Å². The molecule has 3 rings (SSSR count). The molecule has 0 bridgehead atoms. The van der Waals surface area contributed by atoms with Crippen molar-refractivity contribution in [2.45, 2.75) is 32.2 Å². The largest absolute Gasteiger partial charge is 0.327 e. The van der Waals surface area contributed by atoms with Crippen molar-refractivity contribution in [2.75, 3.05) is 0 Å². The zero-order valence-electron chi connectivity index (χ0n) is 11.2. The van der Waals surface area contributed by atoms with Crippen LogP contribution in [-0.4, -0.2) is 11.8 Å². The van der Waals surface area contributed by atoms with Crippen molar-refractivity contribution in [3.05, 3.63) is 48.0 Å². The van der Waals surface area contributed by atoms with Crippen LogP contribution in [0.1, 0.15) is 36.5 Å². The Hall–Kier alpha value is -1.67. The molecule has 1 aliphatic carbocycles. The zero-order chi connectivity index (χ0) is 13.5. The lowest BCUT2D eigenvalue weighted by atomic mass is 9.77. The molecular weight excluding hydrogens is 234 g/mol. The second-order valence-electron chi connectivity index (χ2n) is 5.77. The molecule has 2 atom stereocenters. The van der Waals surface area contributed by atoms with E-state index in [1.54, 1.807) is 0 Å². The molecule has 1 aliphatic rings. The Kier molecular flexibility index (Phi) is 2.90. The SMILES string of the molecule is CC1(C(=O)c2cccc3ccccc23)CCCC1N. The number of carbonyl (C=O) groups is 1. The van der Waals surface area contributed by atoms with Gasteiger partial charge in [-0.25, -0.2) is 0 Å². The number of rotatable bonds is 2. The van der Waals surface area contributed by atoms with Crippen molar-refractivity contribution in [1.29, 1.82) is 0 Å². The Bertz CT molecular complexity index is 629. The molecule has 98 valence electrons. The lowest BCUT2D eigenvalue weighted by Gasteiger charge is -2.27. The number of Topliss-reactive ketones (excluding diaryl/α,β-unsaturated/α-hetero) is 1. The average Bonchev–Trinajstić information content (AvgIpc) is 2.78. The van der Waals surface area contributed by atoms with Gasteiger partial charge >= 0.3 is 0 Å². The Morgan fingerprint density at radius 2 is 1.95 bits per heavy atom. The smallest absolute Gasteiger partial charge is 0.170 e. The van der Waals surface area contributed by atoms with Crippen LogP contribution in [0.25, 0.3) is 10.8 Å². The highest BCUT2D eigenvalue weighted by Gasteiger charge is 2.43. The second-order valence-corrected chi connectivity index (χ2v) is 5.77. The maximum absolute atomic E-state index is 12.9. The lowest BCUT2D eigenvalue weighted by Crippen LogP contribution is -2.41. The van der Waals surface area contributed by atoms with Crippen LogP contribution in [0.2, 0.25) is 0 Å². The van der Waals surface area contributed by atoms with Crippen molar-refractivity contribution in [3.8, 4) is 0 Å². The minimum absolute atomic E-state index is 0.0148. The van der Waals surface area contributed by atoms with Crippen molar-refractivity contribution in [3.63, 3.8) is 0 Å². The van der Waals surface area contributed by atoms with Gasteiger partial charge in [-0.1, -0.05) is 55.8 Å². The van der Waals surface area contributed by atoms with Gasteiger partial charge in [0.2, 0.25) is 0 Å². The summed E-state index contributed by atoms with van der Waals surface area (Å²) in [7, 11) is 0. The van der Waals surface area contributed by atoms with Gasteiger partial charge in [0.1, 0.15) is 0 Å². The van der Waals surface area contributed by atoms with Gasteiger partial charge < -0.3 is 5.73 Å². The van der Waals surface area contributed by atoms with E-state index in [1.807, 2.05) is 49.4 Å². The van der Waals surface area contributed by atoms with Gasteiger partial charge in [-0.05, 0) is 23.6 Å². The molecule has 1 saturated carbocycles. The number of ketones is 1. The van der Waals surface area contributed by atoms with Gasteiger partial charge in [-0.3, -0.25) is 4.79 Å². The van der Waals surface area contributed by atoms with E-state index in [0.29, 0.717) is 0 Å². The Morgan fingerprint density at radius 1 is 1.21 bits per heavy atom. The molecule has 0 radical (unpaired) electrons. The molecule has 2 aromatic rings. The first-order valence-corrected chi connectivity index (χ1v) is 6.91. The number of carbonyl (C=O) groups excluding carboxylic acids is 1. The molecule has 0 aromatic heterocycles. The number of nitrogens with two attached hydrogens (primary N) is 1. The predicted molar refractivity (Wildman–Crippen MR) is 78.2 cm³/mol. The molecule has 19 heavy (non-hydrogen) atoms. The summed E-state index contributed by atoms with van der Waals surface area (Å²) in [4.78, 5) is 12.9. The minimum atomic E-state index is -0.399. The van der Waals surface area contributed by atoms with Crippen LogP contribution in [-0.2, 0) is 0 Å². The maximum Gasteiger partial charge on any atom is 0.170 e. The minimum Gasteiger partial charge on any atom is -0.327 e. The van der Waals surface area contributed by atoms with Crippen LogP contribution in [0.4, 0.5) is 0 Å². The highest BCUT2D eigenvalue weighted by atomic mass is 16.1. The molecule has 0 amide bonds. The first kappa shape index (κ1) is 12.4. The van der Waals surface area contributed by atoms with Crippen molar-refractivity contribution in [2.24, 2.45) is 11.1 Å². The van der Waals surface area contributed by atoms with E-state index in [2.05, 4.69) is 0 Å². The Labute approximate surface area is 113 Å². The maximum atomic E-state index is 12.9. The number of hydrogen-bond donors (Lipinski definition) is 1. The summed E-state index contributed by atoms with van der Waals surface area (Å²) in [6, 6.07) is 14.0. The molecule has 0 heterocycles. The topological polar surface area (TPSA) is 43.1 Å². The van der Waals surface area contributed by atoms with Crippen LogP contribution in [0, 0.1) is 5.41 Å². The highest BCUT2D eigenvalue weighted by Crippen LogP contribution is 2.40. The fraction of sp³-hybridized carbons (Fsp3) is 0.353. The van der Waals surface area contributed by atoms with Gasteiger partial charge in [0.05, 0.1) is 0 Å². The van der Waals surface area contributed by atoms with Crippen LogP contribution in [0.15, 0.2) is 42.5 Å². The zero-order valence-corrected chi connectivity index (χ0v) is 11.2. The number of benzene rings is 2. The Morgan fingerprint density at radius 3 is 2.68 bits per heavy atom. The van der Waals surface area contributed by atoms with Gasteiger partial charge in [0.15, 0.2) is 5.78 Å². The summed E-state index contributed by atoms with van der Waals surface area (Å²) < 4.78 is 0. The van der Waals surface area contributed by atoms with Crippen LogP contribution in [0.5, 0.6) is 0 Å². The van der Waals surface area contributed by atoms with Gasteiger partial charge in [-0.2, -0.15) is 0 Å². The van der Waals surface area contributed by atoms with E-state index in [-0.39, 0.29) is 11.8 Å². The van der Waals surface area contributed by atoms with E-state index in [0.717, 1.165) is 35.6 Å². The second kappa shape index (κ2) is 4.46. The van der Waals surface area contributed by atoms with Crippen molar-refractivity contribution < 1.29 is 4.79 Å². The molecule has 0 saturated heterocycles. The third kappa shape index (κ3) is 1.87. The number of fused-ring (bicyclic) bond motifs is 1. The highest BCUT2D eigenvalue weighted by molar-refractivity contribution is 6.11. The van der Waals surface area contributed by atoms with Crippen LogP contribution in [0.3, 0.4) is 0 Å². The first-order valence-electron chi connectivity index (χ1n) is 6.91. The standard InChI is InChI=1S/C17H19NO/c1-17(11-5-10-15(17)18)16(19)14-9-4-7-12-6-2-3-8-13(12)14/h2-4,6-9,15H,5,10-11,18H2,1H3. The quantitative estimate of drug-likeness (QED) is 0.832. The van der Waals surface area contributed by atoms with E-state index >= 15 is 0 Å². The fourth-order valence-electron chi connectivity index (χ4n) is 3.21. The van der Waals surface area contributed by atoms with E-state index in [9.17, 15) is 4.79 Å². The summed E-state index contributed by atoms with van der Waals surface area (Å²) in [5, 5.41) is 2.15. The van der Waals surface area contributed by atoms with Crippen LogP contribution >= 0.6 is 0 Å². The number of hydrogen-bond acceptors (Lipinski definition) is 2. The molecule has 2 N–H and O–H groups in total. The first-order chi connectivity index (χ1) is 9.13. The molecule has 2 nitrogen and oxygen atoms in total. The Balaban J connectivity index is 2.12. The summed E-state index contributed by atoms with van der Waals surface area (Å²) in [6.45, 7) is 2.02. The third-order valence-electron chi connectivity index (χ3n) is 4.58. The van der Waals surface area contributed by atoms with E-state index in [1.165, 1.54) is 0 Å². The predicted octanol–water partition coefficient (Wildman–Crippen LogP) is 3.54. The molecule has 0 spiro atoms. The lowest BCUT2D eigenvalue weighted by molar-refractivity contribution is 0.0804. The van der Waals surface area contributed by atoms with E-state index < -0.39 is 5.41 Å². The molecule has 1 fully saturated rings. The van der Waals surface area contributed by atoms with Gasteiger partial charge in [0.25, 0.3) is 0 Å². The molecular formula is C17H19NO. The molecule has 0 aliphatic heterocycles. The molecule has 2 unspecified atom stereocenters. The van der Waals surface area contributed by atoms with Gasteiger partial charge in [0, 0.05) is 17.0 Å². The van der Waals surface area contributed by atoms with Crippen molar-refractivity contribution in [1.82, 2.24) is 0 Å². The normalized spacial score (nSPS) is 26.7. The van der Waals surface area contributed by atoms with Gasteiger partial charge in [-0.15, -0.1) is 0 Å². The summed E-state index contributed by atoms with van der Waals surface area (Å²) >= 11 is 0. The summed E-state index contributed by atoms with van der Waals surface area (Å²) in [5.74, 6) is 0.203. The monoisotopic (exact) mass is 253 g/mol. The summed E-state index contributed by atoms with van der Waals surface area (Å²) in [5.41, 5.74) is 6.59. The average molecular weight is 253 g/mol. The molecule has 2 heteroatoms. The third-order valence-corrected chi connectivity index (χ3v) is 4.58. The summed E-state index contributed by atoms with van der Waals surface area (Å²) in [6.07, 6.45) is 2.90. The van der Waals surface area contributed by atoms with Crippen LogP contribution < -0.4 is 5.73 Å². The van der Waals surface area contributed by atoms with E-state index in [4.69, 9.17) is 5.73 Å².